The molecule has 0 nitrogen and oxygen atoms in total. The molecular formula is C17H22Cl2Ti. The van der Waals surface area contributed by atoms with Crippen molar-refractivity contribution in [3.05, 3.63) is 59.7 Å². The molecular weight excluding hydrogens is 323 g/mol. The Morgan fingerprint density at radius 3 is 1.70 bits per heavy atom. The molecule has 20 heavy (non-hydrogen) atoms. The summed E-state index contributed by atoms with van der Waals surface area (Å²) in [5.74, 6) is 1.17. The van der Waals surface area contributed by atoms with Gasteiger partial charge in [0.25, 0.3) is 0 Å². The number of halogens is 2. The molecule has 0 atom stereocenters. The molecule has 0 radical (unpaired) electrons. The summed E-state index contributed by atoms with van der Waals surface area (Å²) >= 11 is 0. The van der Waals surface area contributed by atoms with Crippen LogP contribution in [-0.2, 0) is 21.7 Å². The topological polar surface area (TPSA) is 0 Å². The second kappa shape index (κ2) is 14.0. The van der Waals surface area contributed by atoms with Crippen molar-refractivity contribution >= 4 is 0 Å². The molecule has 0 unspecified atom stereocenters. The minimum absolute atomic E-state index is 0. The Bertz CT molecular complexity index is 362. The fraction of sp³-hybridized carbons (Fsp3) is 0.412. The maximum absolute atomic E-state index is 3.44. The maximum atomic E-state index is 3.44. The van der Waals surface area contributed by atoms with Crippen molar-refractivity contribution in [1.82, 2.24) is 0 Å². The van der Waals surface area contributed by atoms with Crippen molar-refractivity contribution in [3.63, 3.8) is 0 Å². The predicted molar refractivity (Wildman–Crippen MR) is 75.0 cm³/mol. The molecule has 0 saturated heterocycles. The molecule has 3 heteroatoms. The van der Waals surface area contributed by atoms with E-state index in [-0.39, 0.29) is 46.5 Å². The third-order valence-corrected chi connectivity index (χ3v) is 2.67. The summed E-state index contributed by atoms with van der Waals surface area (Å²) in [5.41, 5.74) is 2.64. The Morgan fingerprint density at radius 1 is 0.950 bits per heavy atom. The zero-order chi connectivity index (χ0) is 12.7. The minimum atomic E-state index is 0. The van der Waals surface area contributed by atoms with Gasteiger partial charge >= 0.3 is 21.7 Å². The molecule has 0 saturated carbocycles. The molecule has 1 aromatic carbocycles. The van der Waals surface area contributed by atoms with Gasteiger partial charge in [0.05, 0.1) is 0 Å². The van der Waals surface area contributed by atoms with Crippen molar-refractivity contribution < 1.29 is 46.5 Å². The Morgan fingerprint density at radius 2 is 1.45 bits per heavy atom. The van der Waals surface area contributed by atoms with Gasteiger partial charge in [-0.1, -0.05) is 27.7 Å². The summed E-state index contributed by atoms with van der Waals surface area (Å²) < 4.78 is 0. The fourth-order valence-corrected chi connectivity index (χ4v) is 1.52. The summed E-state index contributed by atoms with van der Waals surface area (Å²) in [6, 6.07) is 9.87. The standard InChI is InChI=1S/C12H17.C5H5.2ClH.Ti/c1-9(2)11-6-5-7-12(8-11)10(3)4;1-2-4-5-3-1;;;/h5-7,9-10H,1-4H3;1-3H,4H2;2*1H;/q2*-1;;;+4/p-2. The van der Waals surface area contributed by atoms with Gasteiger partial charge in [0.1, 0.15) is 0 Å². The second-order valence-electron chi connectivity index (χ2n) is 4.87. The molecule has 0 fully saturated rings. The van der Waals surface area contributed by atoms with E-state index in [9.17, 15) is 0 Å². The Hall–Kier alpha value is -0.00571. The first-order valence-electron chi connectivity index (χ1n) is 6.35. The van der Waals surface area contributed by atoms with Crippen LogP contribution in [-0.4, -0.2) is 0 Å². The average Bonchev–Trinajstić information content (AvgIpc) is 2.87. The summed E-state index contributed by atoms with van der Waals surface area (Å²) in [7, 11) is 0. The monoisotopic (exact) mass is 344 g/mol. The zero-order valence-corrected chi connectivity index (χ0v) is 15.7. The molecule has 108 valence electrons. The van der Waals surface area contributed by atoms with Crippen LogP contribution in [0.2, 0.25) is 0 Å². The van der Waals surface area contributed by atoms with Crippen LogP contribution in [0.25, 0.3) is 0 Å². The van der Waals surface area contributed by atoms with E-state index < -0.39 is 0 Å². The van der Waals surface area contributed by atoms with Crippen LogP contribution in [0.4, 0.5) is 0 Å². The van der Waals surface area contributed by atoms with E-state index in [1.807, 2.05) is 12.2 Å². The van der Waals surface area contributed by atoms with Crippen molar-refractivity contribution in [2.75, 3.05) is 0 Å². The number of benzene rings is 1. The fourth-order valence-electron chi connectivity index (χ4n) is 1.52. The predicted octanol–water partition coefficient (Wildman–Crippen LogP) is -0.955. The van der Waals surface area contributed by atoms with Crippen molar-refractivity contribution in [1.29, 1.82) is 0 Å². The third kappa shape index (κ3) is 9.83. The van der Waals surface area contributed by atoms with Crippen LogP contribution in [0.3, 0.4) is 0 Å². The molecule has 0 spiro atoms. The Labute approximate surface area is 151 Å². The first-order valence-corrected chi connectivity index (χ1v) is 6.35. The van der Waals surface area contributed by atoms with Crippen molar-refractivity contribution in [2.45, 2.75) is 46.0 Å². The molecule has 0 aliphatic heterocycles. The van der Waals surface area contributed by atoms with Crippen LogP contribution in [0.5, 0.6) is 0 Å². The van der Waals surface area contributed by atoms with Gasteiger partial charge < -0.3 is 24.8 Å². The zero-order valence-electron chi connectivity index (χ0n) is 12.6. The van der Waals surface area contributed by atoms with E-state index in [2.05, 4.69) is 64.1 Å². The summed E-state index contributed by atoms with van der Waals surface area (Å²) in [6.07, 6.45) is 10.0. The number of hydrogen-bond acceptors (Lipinski definition) is 0. The van der Waals surface area contributed by atoms with Gasteiger partial charge in [0, 0.05) is 0 Å². The van der Waals surface area contributed by atoms with Gasteiger partial charge in [0.15, 0.2) is 0 Å². The second-order valence-corrected chi connectivity index (χ2v) is 4.87. The molecule has 1 aliphatic carbocycles. The van der Waals surface area contributed by atoms with E-state index in [0.717, 1.165) is 6.42 Å². The summed E-state index contributed by atoms with van der Waals surface area (Å²) in [6.45, 7) is 8.82. The van der Waals surface area contributed by atoms with Crippen LogP contribution in [0.15, 0.2) is 36.4 Å². The Kier molecular flexibility index (Phi) is 17.4. The first kappa shape index (κ1) is 25.0. The van der Waals surface area contributed by atoms with Gasteiger partial charge in [-0.2, -0.15) is 41.5 Å². The number of hydrogen-bond donors (Lipinski definition) is 0. The SMILES string of the molecule is CC(C)c1[c-]c(C(C)C)ccc1.[C-]1=CC=CC1.[Cl-].[Cl-].[Ti+4]. The van der Waals surface area contributed by atoms with Crippen LogP contribution >= 0.6 is 0 Å². The van der Waals surface area contributed by atoms with E-state index >= 15 is 0 Å². The third-order valence-electron chi connectivity index (χ3n) is 2.67. The first-order chi connectivity index (χ1) is 8.11. The maximum Gasteiger partial charge on any atom is 4.00 e. The molecule has 0 bridgehead atoms. The molecule has 1 aromatic rings. The van der Waals surface area contributed by atoms with E-state index in [1.165, 1.54) is 11.1 Å². The van der Waals surface area contributed by atoms with Crippen LogP contribution in [0.1, 0.15) is 57.1 Å². The molecule has 0 amide bonds. The minimum Gasteiger partial charge on any atom is -1.00 e. The average molecular weight is 345 g/mol. The van der Waals surface area contributed by atoms with Crippen LogP contribution < -0.4 is 24.8 Å². The van der Waals surface area contributed by atoms with Gasteiger partial charge in [-0.3, -0.25) is 6.08 Å². The summed E-state index contributed by atoms with van der Waals surface area (Å²) in [5, 5.41) is 0. The van der Waals surface area contributed by atoms with E-state index in [0.29, 0.717) is 11.8 Å². The number of allylic oxidation sites excluding steroid dienone is 4. The van der Waals surface area contributed by atoms with E-state index in [4.69, 9.17) is 0 Å². The largest absolute Gasteiger partial charge is 4.00 e. The van der Waals surface area contributed by atoms with Crippen molar-refractivity contribution in [3.8, 4) is 0 Å². The van der Waals surface area contributed by atoms with Crippen LogP contribution in [0, 0.1) is 12.1 Å². The molecule has 0 heterocycles. The van der Waals surface area contributed by atoms with Crippen molar-refractivity contribution in [2.24, 2.45) is 0 Å². The van der Waals surface area contributed by atoms with E-state index in [1.54, 1.807) is 0 Å². The molecule has 2 rings (SSSR count). The van der Waals surface area contributed by atoms with Gasteiger partial charge in [-0.25, -0.2) is 12.2 Å². The van der Waals surface area contributed by atoms with Gasteiger partial charge in [-0.15, -0.1) is 6.42 Å². The molecule has 0 aromatic heterocycles. The summed E-state index contributed by atoms with van der Waals surface area (Å²) in [4.78, 5) is 0. The normalized spacial score (nSPS) is 11.1. The molecule has 1 aliphatic rings. The number of rotatable bonds is 2. The molecule has 0 N–H and O–H groups in total. The van der Waals surface area contributed by atoms with Gasteiger partial charge in [-0.05, 0) is 11.8 Å². The Balaban J connectivity index is -0.000000312. The quantitative estimate of drug-likeness (QED) is 0.479. The smallest absolute Gasteiger partial charge is 1.00 e. The van der Waals surface area contributed by atoms with Gasteiger partial charge in [0.2, 0.25) is 0 Å².